The van der Waals surface area contributed by atoms with Gasteiger partial charge in [0.15, 0.2) is 0 Å². The molecule has 0 unspecified atom stereocenters. The summed E-state index contributed by atoms with van der Waals surface area (Å²) < 4.78 is 25.9. The van der Waals surface area contributed by atoms with E-state index in [2.05, 4.69) is 0 Å². The number of hydrogen-bond acceptors (Lipinski definition) is 2. The summed E-state index contributed by atoms with van der Waals surface area (Å²) in [6.45, 7) is 1.85. The van der Waals surface area contributed by atoms with Crippen LogP contribution in [0.3, 0.4) is 0 Å². The van der Waals surface area contributed by atoms with E-state index >= 15 is 0 Å². The van der Waals surface area contributed by atoms with Gasteiger partial charge in [0.2, 0.25) is 0 Å². The van der Waals surface area contributed by atoms with Crippen molar-refractivity contribution in [3.63, 3.8) is 0 Å². The van der Waals surface area contributed by atoms with Crippen LogP contribution in [0.4, 0.5) is 8.78 Å². The molecule has 0 saturated carbocycles. The summed E-state index contributed by atoms with van der Waals surface area (Å²) >= 11 is 0. The Hall–Kier alpha value is -1.96. The molecule has 5 heteroatoms. The van der Waals surface area contributed by atoms with Gasteiger partial charge >= 0.3 is 0 Å². The summed E-state index contributed by atoms with van der Waals surface area (Å²) in [6, 6.07) is 4.54. The number of hydrogen-bond donors (Lipinski definition) is 0. The Morgan fingerprint density at radius 3 is 2.69 bits per heavy atom. The average Bonchev–Trinajstić information content (AvgIpc) is 2.25. The Bertz CT molecular complexity index is 440. The standard InChI is InChI=1S/C11H10F2N2O/c1-2-15(6-5-14)11(16)9-4-3-8(12)7-10(9)13/h3-4,7H,2,6H2,1H3. The zero-order valence-corrected chi connectivity index (χ0v) is 8.70. The third-order valence-corrected chi connectivity index (χ3v) is 2.09. The second kappa shape index (κ2) is 5.21. The van der Waals surface area contributed by atoms with Gasteiger partial charge in [-0.25, -0.2) is 8.78 Å². The summed E-state index contributed by atoms with van der Waals surface area (Å²) in [5.41, 5.74) is -0.224. The van der Waals surface area contributed by atoms with E-state index in [1.54, 1.807) is 6.92 Å². The number of benzene rings is 1. The molecule has 0 aliphatic rings. The largest absolute Gasteiger partial charge is 0.326 e. The minimum absolute atomic E-state index is 0.119. The summed E-state index contributed by atoms with van der Waals surface area (Å²) in [4.78, 5) is 12.9. The maximum atomic E-state index is 13.3. The first-order valence-electron chi connectivity index (χ1n) is 4.71. The van der Waals surface area contributed by atoms with Gasteiger partial charge in [-0.3, -0.25) is 4.79 Å². The van der Waals surface area contributed by atoms with Crippen molar-refractivity contribution in [3.05, 3.63) is 35.4 Å². The second-order valence-electron chi connectivity index (χ2n) is 3.10. The number of nitriles is 1. The highest BCUT2D eigenvalue weighted by atomic mass is 19.1. The lowest BCUT2D eigenvalue weighted by atomic mass is 10.2. The normalized spacial score (nSPS) is 9.62. The molecule has 0 radical (unpaired) electrons. The van der Waals surface area contributed by atoms with Crippen LogP contribution in [0.1, 0.15) is 17.3 Å². The van der Waals surface area contributed by atoms with Crippen molar-refractivity contribution in [1.82, 2.24) is 4.90 Å². The molecule has 1 amide bonds. The van der Waals surface area contributed by atoms with Crippen LogP contribution in [0.25, 0.3) is 0 Å². The van der Waals surface area contributed by atoms with E-state index in [9.17, 15) is 13.6 Å². The first-order valence-corrected chi connectivity index (χ1v) is 4.71. The lowest BCUT2D eigenvalue weighted by molar-refractivity contribution is 0.0779. The van der Waals surface area contributed by atoms with Crippen LogP contribution in [0.2, 0.25) is 0 Å². The molecule has 0 fully saturated rings. The molecule has 84 valence electrons. The van der Waals surface area contributed by atoms with Crippen molar-refractivity contribution < 1.29 is 13.6 Å². The van der Waals surface area contributed by atoms with Gasteiger partial charge in [-0.1, -0.05) is 0 Å². The third kappa shape index (κ3) is 2.54. The fraction of sp³-hybridized carbons (Fsp3) is 0.273. The second-order valence-corrected chi connectivity index (χ2v) is 3.10. The summed E-state index contributed by atoms with van der Waals surface area (Å²) in [7, 11) is 0. The highest BCUT2D eigenvalue weighted by Gasteiger charge is 2.17. The Labute approximate surface area is 91.9 Å². The van der Waals surface area contributed by atoms with E-state index < -0.39 is 17.5 Å². The molecule has 0 bridgehead atoms. The van der Waals surface area contributed by atoms with Crippen LogP contribution in [-0.4, -0.2) is 23.9 Å². The fourth-order valence-electron chi connectivity index (χ4n) is 1.25. The first-order chi connectivity index (χ1) is 7.60. The molecule has 0 N–H and O–H groups in total. The maximum absolute atomic E-state index is 13.3. The molecule has 0 atom stereocenters. The molecule has 1 aromatic carbocycles. The van der Waals surface area contributed by atoms with Crippen LogP contribution in [0, 0.1) is 23.0 Å². The number of halogens is 2. The molecule has 0 aliphatic carbocycles. The highest BCUT2D eigenvalue weighted by molar-refractivity contribution is 5.94. The summed E-state index contributed by atoms with van der Waals surface area (Å²) in [5.74, 6) is -2.26. The van der Waals surface area contributed by atoms with Gasteiger partial charge in [0.25, 0.3) is 5.91 Å². The predicted molar refractivity (Wildman–Crippen MR) is 53.5 cm³/mol. The van der Waals surface area contributed by atoms with E-state index in [-0.39, 0.29) is 12.1 Å². The van der Waals surface area contributed by atoms with Crippen LogP contribution in [0.5, 0.6) is 0 Å². The van der Waals surface area contributed by atoms with Crippen molar-refractivity contribution in [2.24, 2.45) is 0 Å². The fourth-order valence-corrected chi connectivity index (χ4v) is 1.25. The summed E-state index contributed by atoms with van der Waals surface area (Å²) in [5, 5.41) is 8.48. The molecular weight excluding hydrogens is 214 g/mol. The van der Waals surface area contributed by atoms with Gasteiger partial charge in [-0.2, -0.15) is 5.26 Å². The van der Waals surface area contributed by atoms with E-state index in [0.29, 0.717) is 12.6 Å². The lowest BCUT2D eigenvalue weighted by Gasteiger charge is -2.17. The smallest absolute Gasteiger partial charge is 0.257 e. The quantitative estimate of drug-likeness (QED) is 0.736. The van der Waals surface area contributed by atoms with Crippen LogP contribution < -0.4 is 0 Å². The number of nitrogens with zero attached hydrogens (tertiary/aromatic N) is 2. The highest BCUT2D eigenvalue weighted by Crippen LogP contribution is 2.12. The van der Waals surface area contributed by atoms with Crippen molar-refractivity contribution in [2.75, 3.05) is 13.1 Å². The molecule has 0 spiro atoms. The van der Waals surface area contributed by atoms with E-state index in [1.165, 1.54) is 4.90 Å². The SMILES string of the molecule is CCN(CC#N)C(=O)c1ccc(F)cc1F. The van der Waals surface area contributed by atoms with Gasteiger partial charge in [0.05, 0.1) is 11.6 Å². The van der Waals surface area contributed by atoms with Gasteiger partial charge in [0, 0.05) is 12.6 Å². The molecule has 0 saturated heterocycles. The van der Waals surface area contributed by atoms with E-state index in [0.717, 1.165) is 12.1 Å². The van der Waals surface area contributed by atoms with Crippen molar-refractivity contribution in [3.8, 4) is 6.07 Å². The van der Waals surface area contributed by atoms with Gasteiger partial charge in [-0.15, -0.1) is 0 Å². The minimum Gasteiger partial charge on any atom is -0.326 e. The van der Waals surface area contributed by atoms with Crippen LogP contribution in [-0.2, 0) is 0 Å². The lowest BCUT2D eigenvalue weighted by Crippen LogP contribution is -2.31. The molecule has 0 aliphatic heterocycles. The zero-order valence-electron chi connectivity index (χ0n) is 8.70. The number of rotatable bonds is 3. The maximum Gasteiger partial charge on any atom is 0.257 e. The molecular formula is C11H10F2N2O. The zero-order chi connectivity index (χ0) is 12.1. The van der Waals surface area contributed by atoms with Gasteiger partial charge < -0.3 is 4.90 Å². The van der Waals surface area contributed by atoms with E-state index in [1.807, 2.05) is 6.07 Å². The van der Waals surface area contributed by atoms with E-state index in [4.69, 9.17) is 5.26 Å². The number of carbonyl (C=O) groups excluding carboxylic acids is 1. The minimum atomic E-state index is -0.915. The summed E-state index contributed by atoms with van der Waals surface area (Å²) in [6.07, 6.45) is 0. The Balaban J connectivity index is 3.00. The Morgan fingerprint density at radius 1 is 1.50 bits per heavy atom. The molecule has 0 aromatic heterocycles. The third-order valence-electron chi connectivity index (χ3n) is 2.09. The molecule has 0 heterocycles. The monoisotopic (exact) mass is 224 g/mol. The molecule has 1 rings (SSSR count). The Kier molecular flexibility index (Phi) is 3.95. The first kappa shape index (κ1) is 12.1. The van der Waals surface area contributed by atoms with Crippen LogP contribution >= 0.6 is 0 Å². The average molecular weight is 224 g/mol. The Morgan fingerprint density at radius 2 is 2.19 bits per heavy atom. The number of carbonyl (C=O) groups is 1. The predicted octanol–water partition coefficient (Wildman–Crippen LogP) is 1.95. The molecule has 3 nitrogen and oxygen atoms in total. The van der Waals surface area contributed by atoms with Crippen LogP contribution in [0.15, 0.2) is 18.2 Å². The number of amides is 1. The van der Waals surface area contributed by atoms with Crippen molar-refractivity contribution in [1.29, 1.82) is 5.26 Å². The van der Waals surface area contributed by atoms with Crippen molar-refractivity contribution in [2.45, 2.75) is 6.92 Å². The van der Waals surface area contributed by atoms with Gasteiger partial charge in [0.1, 0.15) is 18.2 Å². The molecule has 1 aromatic rings. The molecule has 16 heavy (non-hydrogen) atoms. The topological polar surface area (TPSA) is 44.1 Å². The van der Waals surface area contributed by atoms with Crippen molar-refractivity contribution >= 4 is 5.91 Å². The van der Waals surface area contributed by atoms with Gasteiger partial charge in [-0.05, 0) is 19.1 Å².